The van der Waals surface area contributed by atoms with Crippen molar-refractivity contribution in [1.82, 2.24) is 9.97 Å². The van der Waals surface area contributed by atoms with Crippen LogP contribution >= 0.6 is 22.9 Å². The minimum atomic E-state index is -0.205. The van der Waals surface area contributed by atoms with E-state index in [0.717, 1.165) is 21.3 Å². The third-order valence-corrected chi connectivity index (χ3v) is 6.88. The van der Waals surface area contributed by atoms with Crippen LogP contribution in [-0.2, 0) is 6.54 Å². The molecule has 5 aromatic rings. The van der Waals surface area contributed by atoms with Crippen LogP contribution in [0.2, 0.25) is 5.02 Å². The van der Waals surface area contributed by atoms with Crippen molar-refractivity contribution in [2.75, 3.05) is 4.90 Å². The molecule has 0 saturated carbocycles. The van der Waals surface area contributed by atoms with Crippen LogP contribution in [0.5, 0.6) is 0 Å². The van der Waals surface area contributed by atoms with Crippen molar-refractivity contribution in [3.05, 3.63) is 124 Å². The number of pyridine rings is 1. The summed E-state index contributed by atoms with van der Waals surface area (Å²) in [4.78, 5) is 37.0. The lowest BCUT2D eigenvalue weighted by Gasteiger charge is -2.20. The van der Waals surface area contributed by atoms with E-state index in [1.807, 2.05) is 49.4 Å². The van der Waals surface area contributed by atoms with Gasteiger partial charge in [0.15, 0.2) is 10.9 Å². The molecule has 0 fully saturated rings. The predicted molar refractivity (Wildman–Crippen MR) is 140 cm³/mol. The van der Waals surface area contributed by atoms with Crippen LogP contribution in [0.25, 0.3) is 10.2 Å². The van der Waals surface area contributed by atoms with E-state index in [4.69, 9.17) is 16.6 Å². The number of carbonyl (C=O) groups excluding carboxylic acids is 2. The summed E-state index contributed by atoms with van der Waals surface area (Å²) in [7, 11) is 0. The Hall–Kier alpha value is -3.87. The molecule has 0 radical (unpaired) electrons. The highest BCUT2D eigenvalue weighted by Gasteiger charge is 2.23. The maximum Gasteiger partial charge on any atom is 0.260 e. The van der Waals surface area contributed by atoms with Crippen molar-refractivity contribution in [2.45, 2.75) is 13.5 Å². The first-order chi connectivity index (χ1) is 17.0. The van der Waals surface area contributed by atoms with Crippen molar-refractivity contribution >= 4 is 50.0 Å². The van der Waals surface area contributed by atoms with E-state index in [1.54, 1.807) is 53.7 Å². The van der Waals surface area contributed by atoms with Crippen LogP contribution in [0.1, 0.15) is 37.4 Å². The van der Waals surface area contributed by atoms with Gasteiger partial charge in [-0.25, -0.2) is 4.98 Å². The fraction of sp³-hybridized carbons (Fsp3) is 0.0714. The molecule has 0 aliphatic rings. The summed E-state index contributed by atoms with van der Waals surface area (Å²) in [5, 5.41) is 1.22. The molecule has 7 heteroatoms. The molecule has 0 unspecified atom stereocenters. The van der Waals surface area contributed by atoms with Crippen LogP contribution in [0.3, 0.4) is 0 Å². The Morgan fingerprint density at radius 1 is 0.886 bits per heavy atom. The number of aryl methyl sites for hydroxylation is 1. The summed E-state index contributed by atoms with van der Waals surface area (Å²) in [5.41, 5.74) is 4.31. The molecule has 0 atom stereocenters. The Labute approximate surface area is 211 Å². The molecule has 0 N–H and O–H groups in total. The highest BCUT2D eigenvalue weighted by molar-refractivity contribution is 7.22. The number of amides is 1. The molecule has 0 aliphatic heterocycles. The van der Waals surface area contributed by atoms with Gasteiger partial charge in [-0.15, -0.1) is 0 Å². The van der Waals surface area contributed by atoms with Crippen molar-refractivity contribution < 1.29 is 9.59 Å². The first-order valence-corrected chi connectivity index (χ1v) is 12.2. The average molecular weight is 498 g/mol. The summed E-state index contributed by atoms with van der Waals surface area (Å²) < 4.78 is 0.918. The summed E-state index contributed by atoms with van der Waals surface area (Å²) in [5.74, 6) is -0.292. The molecular weight excluding hydrogens is 478 g/mol. The highest BCUT2D eigenvalue weighted by Crippen LogP contribution is 2.34. The summed E-state index contributed by atoms with van der Waals surface area (Å²) >= 11 is 7.67. The molecule has 35 heavy (non-hydrogen) atoms. The molecule has 2 heterocycles. The van der Waals surface area contributed by atoms with Crippen LogP contribution in [0.15, 0.2) is 91.3 Å². The van der Waals surface area contributed by atoms with E-state index in [1.165, 1.54) is 11.3 Å². The van der Waals surface area contributed by atoms with Crippen LogP contribution in [0, 0.1) is 6.92 Å². The van der Waals surface area contributed by atoms with Gasteiger partial charge in [-0.05, 0) is 54.4 Å². The molecule has 5 rings (SSSR count). The summed E-state index contributed by atoms with van der Waals surface area (Å²) in [6.45, 7) is 2.29. The quantitative estimate of drug-likeness (QED) is 0.244. The Balaban J connectivity index is 1.50. The lowest BCUT2D eigenvalue weighted by Crippen LogP contribution is -2.30. The summed E-state index contributed by atoms with van der Waals surface area (Å²) in [6.07, 6.45) is 3.40. The zero-order valence-electron chi connectivity index (χ0n) is 18.8. The van der Waals surface area contributed by atoms with Crippen molar-refractivity contribution in [2.24, 2.45) is 0 Å². The van der Waals surface area contributed by atoms with E-state index in [-0.39, 0.29) is 11.7 Å². The molecule has 0 aliphatic carbocycles. The normalized spacial score (nSPS) is 10.9. The van der Waals surface area contributed by atoms with Gasteiger partial charge in [0.1, 0.15) is 0 Å². The second-order valence-electron chi connectivity index (χ2n) is 8.09. The number of rotatable bonds is 6. The molecule has 3 aromatic carbocycles. The summed E-state index contributed by atoms with van der Waals surface area (Å²) in [6, 6.07) is 23.3. The van der Waals surface area contributed by atoms with Gasteiger partial charge in [0.05, 0.1) is 16.8 Å². The zero-order chi connectivity index (χ0) is 24.4. The van der Waals surface area contributed by atoms with E-state index in [2.05, 4.69) is 4.98 Å². The molecule has 0 spiro atoms. The average Bonchev–Trinajstić information content (AvgIpc) is 3.32. The smallest absolute Gasteiger partial charge is 0.260 e. The van der Waals surface area contributed by atoms with E-state index in [0.29, 0.717) is 33.4 Å². The molecule has 0 saturated heterocycles. The number of benzene rings is 3. The molecule has 2 aromatic heterocycles. The fourth-order valence-electron chi connectivity index (χ4n) is 3.83. The molecule has 0 bridgehead atoms. The van der Waals surface area contributed by atoms with E-state index < -0.39 is 0 Å². The van der Waals surface area contributed by atoms with Gasteiger partial charge in [0.2, 0.25) is 0 Å². The van der Waals surface area contributed by atoms with Crippen LogP contribution in [0.4, 0.5) is 5.13 Å². The molecular formula is C28H20ClN3O2S. The standard InChI is InChI=1S/C28H20ClN3O2S/c1-18-15-23(29)16-24-25(18)31-28(35-24)32(17-19-11-13-30-14-12-19)27(34)22-9-7-21(8-10-22)26(33)20-5-3-2-4-6-20/h2-16H,17H2,1H3. The van der Waals surface area contributed by atoms with Gasteiger partial charge >= 0.3 is 0 Å². The van der Waals surface area contributed by atoms with Crippen molar-refractivity contribution in [3.63, 3.8) is 0 Å². The minimum Gasteiger partial charge on any atom is -0.289 e. The van der Waals surface area contributed by atoms with Gasteiger partial charge in [-0.3, -0.25) is 19.5 Å². The molecule has 172 valence electrons. The number of nitrogens with zero attached hydrogens (tertiary/aromatic N) is 3. The number of hydrogen-bond donors (Lipinski definition) is 0. The maximum absolute atomic E-state index is 13.7. The first kappa shape index (κ1) is 22.9. The van der Waals surface area contributed by atoms with Crippen LogP contribution in [-0.4, -0.2) is 21.7 Å². The number of aromatic nitrogens is 2. The lowest BCUT2D eigenvalue weighted by molar-refractivity contribution is 0.0982. The maximum atomic E-state index is 13.7. The third kappa shape index (κ3) is 4.85. The number of thiazole rings is 1. The van der Waals surface area contributed by atoms with E-state index >= 15 is 0 Å². The number of halogens is 1. The Kier molecular flexibility index (Phi) is 6.40. The topological polar surface area (TPSA) is 63.2 Å². The monoisotopic (exact) mass is 497 g/mol. The number of carbonyl (C=O) groups is 2. The number of hydrogen-bond acceptors (Lipinski definition) is 5. The number of fused-ring (bicyclic) bond motifs is 1. The minimum absolute atomic E-state index is 0.0863. The number of ketones is 1. The lowest BCUT2D eigenvalue weighted by atomic mass is 10.0. The largest absolute Gasteiger partial charge is 0.289 e. The van der Waals surface area contributed by atoms with Gasteiger partial charge in [0, 0.05) is 34.1 Å². The third-order valence-electron chi connectivity index (χ3n) is 5.64. The number of anilines is 1. The van der Waals surface area contributed by atoms with Gasteiger partial charge in [-0.2, -0.15) is 0 Å². The second kappa shape index (κ2) is 9.78. The van der Waals surface area contributed by atoms with Crippen molar-refractivity contribution in [1.29, 1.82) is 0 Å². The van der Waals surface area contributed by atoms with Gasteiger partial charge < -0.3 is 0 Å². The van der Waals surface area contributed by atoms with Gasteiger partial charge in [0.25, 0.3) is 5.91 Å². The van der Waals surface area contributed by atoms with Crippen molar-refractivity contribution in [3.8, 4) is 0 Å². The van der Waals surface area contributed by atoms with E-state index in [9.17, 15) is 9.59 Å². The first-order valence-electron chi connectivity index (χ1n) is 11.0. The predicted octanol–water partition coefficient (Wildman–Crippen LogP) is 6.73. The zero-order valence-corrected chi connectivity index (χ0v) is 20.4. The Bertz CT molecular complexity index is 1520. The Morgan fingerprint density at radius 2 is 1.54 bits per heavy atom. The highest BCUT2D eigenvalue weighted by atomic mass is 35.5. The molecule has 1 amide bonds. The fourth-order valence-corrected chi connectivity index (χ4v) is 5.25. The Morgan fingerprint density at radius 3 is 2.26 bits per heavy atom. The van der Waals surface area contributed by atoms with Gasteiger partial charge in [-0.1, -0.05) is 65.4 Å². The molecule has 5 nitrogen and oxygen atoms in total. The SMILES string of the molecule is Cc1cc(Cl)cc2sc(N(Cc3ccncc3)C(=O)c3ccc(C(=O)c4ccccc4)cc3)nc12. The van der Waals surface area contributed by atoms with Crippen LogP contribution < -0.4 is 4.90 Å². The second-order valence-corrected chi connectivity index (χ2v) is 9.53.